The van der Waals surface area contributed by atoms with Crippen molar-refractivity contribution in [1.82, 2.24) is 5.32 Å². The van der Waals surface area contributed by atoms with Gasteiger partial charge < -0.3 is 5.32 Å². The Balaban J connectivity index is 1.96. The van der Waals surface area contributed by atoms with Crippen molar-refractivity contribution in [1.29, 1.82) is 0 Å². The molecule has 0 atom stereocenters. The van der Waals surface area contributed by atoms with Crippen LogP contribution in [-0.2, 0) is 13.1 Å². The van der Waals surface area contributed by atoms with Gasteiger partial charge in [0, 0.05) is 18.0 Å². The van der Waals surface area contributed by atoms with Gasteiger partial charge in [-0.25, -0.2) is 0 Å². The number of thiophene rings is 1. The molecule has 0 fully saturated rings. The second-order valence-corrected chi connectivity index (χ2v) is 7.22. The maximum Gasteiger partial charge on any atom is 0.0701 e. The Kier molecular flexibility index (Phi) is 4.60. The highest BCUT2D eigenvalue weighted by molar-refractivity contribution is 9.11. The summed E-state index contributed by atoms with van der Waals surface area (Å²) in [7, 11) is 0. The lowest BCUT2D eigenvalue weighted by atomic mass is 10.0. The van der Waals surface area contributed by atoms with Crippen molar-refractivity contribution in [2.75, 3.05) is 0 Å². The van der Waals surface area contributed by atoms with Gasteiger partial charge in [0.25, 0.3) is 0 Å². The molecule has 1 aromatic carbocycles. The van der Waals surface area contributed by atoms with Gasteiger partial charge in [0.2, 0.25) is 0 Å². The summed E-state index contributed by atoms with van der Waals surface area (Å²) in [6.45, 7) is 8.40. The van der Waals surface area contributed by atoms with Crippen molar-refractivity contribution >= 4 is 27.3 Å². The summed E-state index contributed by atoms with van der Waals surface area (Å²) in [5.41, 5.74) is 5.52. The Hall–Kier alpha value is -0.640. The van der Waals surface area contributed by atoms with E-state index < -0.39 is 0 Å². The minimum absolute atomic E-state index is 0.933. The van der Waals surface area contributed by atoms with Gasteiger partial charge in [-0.1, -0.05) is 12.1 Å². The van der Waals surface area contributed by atoms with Crippen molar-refractivity contribution in [2.24, 2.45) is 0 Å². The predicted molar refractivity (Wildman–Crippen MR) is 83.2 cm³/mol. The predicted octanol–water partition coefficient (Wildman–Crippen LogP) is 4.73. The van der Waals surface area contributed by atoms with Crippen LogP contribution in [0, 0.1) is 20.8 Å². The van der Waals surface area contributed by atoms with Crippen LogP contribution in [0.15, 0.2) is 28.1 Å². The van der Waals surface area contributed by atoms with E-state index in [0.717, 1.165) is 13.1 Å². The Morgan fingerprint density at radius 1 is 1.00 bits per heavy atom. The van der Waals surface area contributed by atoms with Gasteiger partial charge in [0.1, 0.15) is 0 Å². The topological polar surface area (TPSA) is 12.0 Å². The van der Waals surface area contributed by atoms with Gasteiger partial charge in [-0.3, -0.25) is 0 Å². The molecule has 0 aliphatic carbocycles. The van der Waals surface area contributed by atoms with Crippen LogP contribution < -0.4 is 5.32 Å². The van der Waals surface area contributed by atoms with Gasteiger partial charge in [0.15, 0.2) is 0 Å². The van der Waals surface area contributed by atoms with Crippen molar-refractivity contribution < 1.29 is 0 Å². The van der Waals surface area contributed by atoms with Crippen LogP contribution in [0.1, 0.15) is 27.1 Å². The largest absolute Gasteiger partial charge is 0.308 e. The molecule has 0 radical (unpaired) electrons. The summed E-state index contributed by atoms with van der Waals surface area (Å²) >= 11 is 5.28. The molecule has 96 valence electrons. The molecule has 1 aromatic heterocycles. The third kappa shape index (κ3) is 3.44. The molecular weight excluding hydrogens is 306 g/mol. The van der Waals surface area contributed by atoms with E-state index in [4.69, 9.17) is 0 Å². The normalized spacial score (nSPS) is 10.9. The first-order chi connectivity index (χ1) is 8.56. The van der Waals surface area contributed by atoms with Crippen LogP contribution in [0.4, 0.5) is 0 Å². The smallest absolute Gasteiger partial charge is 0.0701 e. The molecule has 1 heterocycles. The van der Waals surface area contributed by atoms with Gasteiger partial charge in [-0.2, -0.15) is 0 Å². The van der Waals surface area contributed by atoms with Crippen molar-refractivity contribution in [3.63, 3.8) is 0 Å². The number of halogens is 1. The number of rotatable bonds is 4. The quantitative estimate of drug-likeness (QED) is 0.858. The van der Waals surface area contributed by atoms with E-state index in [1.807, 2.05) is 0 Å². The van der Waals surface area contributed by atoms with Crippen LogP contribution in [0.2, 0.25) is 0 Å². The highest BCUT2D eigenvalue weighted by atomic mass is 79.9. The second kappa shape index (κ2) is 6.00. The first-order valence-corrected chi connectivity index (χ1v) is 7.69. The number of hydrogen-bond acceptors (Lipinski definition) is 2. The fourth-order valence-electron chi connectivity index (χ4n) is 1.98. The highest BCUT2D eigenvalue weighted by Gasteiger charge is 2.02. The number of benzene rings is 1. The van der Waals surface area contributed by atoms with Crippen molar-refractivity contribution in [2.45, 2.75) is 33.9 Å². The van der Waals surface area contributed by atoms with Gasteiger partial charge >= 0.3 is 0 Å². The molecule has 0 amide bonds. The molecule has 0 unspecified atom stereocenters. The molecule has 0 bridgehead atoms. The van der Waals surface area contributed by atoms with Crippen LogP contribution in [0.25, 0.3) is 0 Å². The first-order valence-electron chi connectivity index (χ1n) is 6.08. The fraction of sp³-hybridized carbons (Fsp3) is 0.333. The summed E-state index contributed by atoms with van der Waals surface area (Å²) in [6, 6.07) is 8.83. The second-order valence-electron chi connectivity index (χ2n) is 4.67. The fourth-order valence-corrected chi connectivity index (χ4v) is 3.43. The van der Waals surface area contributed by atoms with Crippen molar-refractivity contribution in [3.05, 3.63) is 55.2 Å². The Bertz CT molecular complexity index is 545. The third-order valence-electron chi connectivity index (χ3n) is 3.20. The minimum atomic E-state index is 0.933. The Morgan fingerprint density at radius 3 is 2.39 bits per heavy atom. The van der Waals surface area contributed by atoms with Gasteiger partial charge in [-0.15, -0.1) is 11.3 Å². The van der Waals surface area contributed by atoms with Crippen molar-refractivity contribution in [3.8, 4) is 0 Å². The number of nitrogens with one attached hydrogen (secondary N) is 1. The summed E-state index contributed by atoms with van der Waals surface area (Å²) in [5, 5.41) is 3.51. The van der Waals surface area contributed by atoms with E-state index in [2.05, 4.69) is 66.3 Å². The molecule has 0 saturated carbocycles. The molecule has 0 aliphatic heterocycles. The van der Waals surface area contributed by atoms with Gasteiger partial charge in [0.05, 0.1) is 3.79 Å². The number of aryl methyl sites for hydroxylation is 3. The first kappa shape index (κ1) is 13.8. The number of hydrogen-bond donors (Lipinski definition) is 1. The van der Waals surface area contributed by atoms with E-state index in [1.165, 1.54) is 30.9 Å². The van der Waals surface area contributed by atoms with E-state index >= 15 is 0 Å². The van der Waals surface area contributed by atoms with Crippen LogP contribution in [0.5, 0.6) is 0 Å². The van der Waals surface area contributed by atoms with E-state index in [0.29, 0.717) is 0 Å². The van der Waals surface area contributed by atoms with Crippen LogP contribution in [-0.4, -0.2) is 0 Å². The monoisotopic (exact) mass is 323 g/mol. The maximum absolute atomic E-state index is 3.51. The third-order valence-corrected chi connectivity index (χ3v) is 4.82. The summed E-state index contributed by atoms with van der Waals surface area (Å²) < 4.78 is 1.20. The standard InChI is InChI=1S/C15H18BrNS/c1-10-6-12(3)13(7-11(10)2)8-17-9-14-4-5-15(16)18-14/h4-7,17H,8-9H2,1-3H3. The molecule has 2 aromatic rings. The molecule has 1 N–H and O–H groups in total. The van der Waals surface area contributed by atoms with Crippen LogP contribution in [0.3, 0.4) is 0 Å². The Labute approximate surface area is 121 Å². The highest BCUT2D eigenvalue weighted by Crippen LogP contribution is 2.22. The lowest BCUT2D eigenvalue weighted by Gasteiger charge is -2.10. The molecular formula is C15H18BrNS. The average Bonchev–Trinajstić information content (AvgIpc) is 2.71. The summed E-state index contributed by atoms with van der Waals surface area (Å²) in [4.78, 5) is 1.36. The van der Waals surface area contributed by atoms with E-state index in [9.17, 15) is 0 Å². The molecule has 0 aliphatic rings. The average molecular weight is 324 g/mol. The zero-order chi connectivity index (χ0) is 13.1. The summed E-state index contributed by atoms with van der Waals surface area (Å²) in [6.07, 6.45) is 0. The summed E-state index contributed by atoms with van der Waals surface area (Å²) in [5.74, 6) is 0. The lowest BCUT2D eigenvalue weighted by Crippen LogP contribution is -2.13. The molecule has 0 spiro atoms. The molecule has 2 rings (SSSR count). The maximum atomic E-state index is 3.51. The lowest BCUT2D eigenvalue weighted by molar-refractivity contribution is 0.697. The molecule has 18 heavy (non-hydrogen) atoms. The zero-order valence-electron chi connectivity index (χ0n) is 11.0. The molecule has 3 heteroatoms. The molecule has 1 nitrogen and oxygen atoms in total. The van der Waals surface area contributed by atoms with E-state index in [-0.39, 0.29) is 0 Å². The minimum Gasteiger partial charge on any atom is -0.308 e. The Morgan fingerprint density at radius 2 is 1.72 bits per heavy atom. The van der Waals surface area contributed by atoms with Crippen LogP contribution >= 0.6 is 27.3 Å². The SMILES string of the molecule is Cc1cc(C)c(CNCc2ccc(Br)s2)cc1C. The zero-order valence-corrected chi connectivity index (χ0v) is 13.4. The van der Waals surface area contributed by atoms with E-state index in [1.54, 1.807) is 11.3 Å². The molecule has 0 saturated heterocycles. The van der Waals surface area contributed by atoms with Gasteiger partial charge in [-0.05, 0) is 71.1 Å².